The fraction of sp³-hybridized carbons (Fsp3) is 0.500. The van der Waals surface area contributed by atoms with Crippen LogP contribution in [0.25, 0.3) is 0 Å². The fourth-order valence-electron chi connectivity index (χ4n) is 1.67. The van der Waals surface area contributed by atoms with Gasteiger partial charge in [-0.2, -0.15) is 0 Å². The summed E-state index contributed by atoms with van der Waals surface area (Å²) < 4.78 is 0. The van der Waals surface area contributed by atoms with Crippen LogP contribution in [0, 0.1) is 0 Å². The van der Waals surface area contributed by atoms with Gasteiger partial charge in [-0.1, -0.05) is 31.2 Å². The van der Waals surface area contributed by atoms with Gasteiger partial charge in [-0.15, -0.1) is 0 Å². The molecular weight excluding hydrogens is 158 g/mol. The summed E-state index contributed by atoms with van der Waals surface area (Å²) in [6.45, 7) is 4.35. The molecule has 2 N–H and O–H groups in total. The molecule has 1 saturated carbocycles. The van der Waals surface area contributed by atoms with Gasteiger partial charge in [0, 0.05) is 6.04 Å². The Balaban J connectivity index is 2.24. The van der Waals surface area contributed by atoms with Gasteiger partial charge < -0.3 is 5.73 Å². The molecule has 1 heteroatoms. The molecule has 0 spiro atoms. The third kappa shape index (κ3) is 1.61. The first-order chi connectivity index (χ1) is 6.12. The molecule has 70 valence electrons. The van der Waals surface area contributed by atoms with Crippen molar-refractivity contribution in [2.45, 2.75) is 38.1 Å². The van der Waals surface area contributed by atoms with E-state index in [2.05, 4.69) is 31.2 Å². The number of hydrogen-bond acceptors (Lipinski definition) is 1. The third-order valence-electron chi connectivity index (χ3n) is 3.13. The van der Waals surface area contributed by atoms with Crippen LogP contribution in [0.2, 0.25) is 0 Å². The molecule has 1 aliphatic carbocycles. The quantitative estimate of drug-likeness (QED) is 0.735. The lowest BCUT2D eigenvalue weighted by Crippen LogP contribution is -2.06. The van der Waals surface area contributed by atoms with Crippen molar-refractivity contribution in [1.82, 2.24) is 0 Å². The first-order valence-corrected chi connectivity index (χ1v) is 4.98. The van der Waals surface area contributed by atoms with Gasteiger partial charge in [0.15, 0.2) is 0 Å². The van der Waals surface area contributed by atoms with E-state index in [1.165, 1.54) is 24.0 Å². The van der Waals surface area contributed by atoms with Crippen LogP contribution in [0.1, 0.15) is 43.9 Å². The van der Waals surface area contributed by atoms with Gasteiger partial charge in [0.05, 0.1) is 0 Å². The van der Waals surface area contributed by atoms with Crippen LogP contribution in [-0.2, 0) is 5.41 Å². The van der Waals surface area contributed by atoms with E-state index in [-0.39, 0.29) is 6.04 Å². The van der Waals surface area contributed by atoms with E-state index < -0.39 is 0 Å². The van der Waals surface area contributed by atoms with Crippen molar-refractivity contribution in [3.05, 3.63) is 35.4 Å². The molecule has 1 aliphatic rings. The Labute approximate surface area is 80.0 Å². The second-order valence-corrected chi connectivity index (χ2v) is 4.47. The number of benzene rings is 1. The maximum absolute atomic E-state index is 5.79. The smallest absolute Gasteiger partial charge is 0.0266 e. The predicted octanol–water partition coefficient (Wildman–Crippen LogP) is 2.76. The molecule has 1 nitrogen and oxygen atoms in total. The molecule has 1 atom stereocenters. The van der Waals surface area contributed by atoms with Gasteiger partial charge in [0.25, 0.3) is 0 Å². The molecule has 0 amide bonds. The van der Waals surface area contributed by atoms with Crippen molar-refractivity contribution < 1.29 is 0 Å². The molecule has 0 unspecified atom stereocenters. The summed E-state index contributed by atoms with van der Waals surface area (Å²) in [5.74, 6) is 0. The predicted molar refractivity (Wildman–Crippen MR) is 55.6 cm³/mol. The Morgan fingerprint density at radius 1 is 1.23 bits per heavy atom. The largest absolute Gasteiger partial charge is 0.324 e. The maximum atomic E-state index is 5.79. The van der Waals surface area contributed by atoms with E-state index >= 15 is 0 Å². The minimum atomic E-state index is 0.154. The molecule has 1 aromatic rings. The van der Waals surface area contributed by atoms with E-state index in [0.717, 1.165) is 0 Å². The third-order valence-corrected chi connectivity index (χ3v) is 3.13. The van der Waals surface area contributed by atoms with Crippen LogP contribution in [0.4, 0.5) is 0 Å². The van der Waals surface area contributed by atoms with E-state index in [1.54, 1.807) is 0 Å². The number of hydrogen-bond donors (Lipinski definition) is 1. The van der Waals surface area contributed by atoms with Crippen LogP contribution < -0.4 is 5.73 Å². The Hall–Kier alpha value is -0.820. The van der Waals surface area contributed by atoms with Gasteiger partial charge in [0.2, 0.25) is 0 Å². The SMILES string of the molecule is C[C@H](N)c1ccc(C2(C)CC2)cc1. The summed E-state index contributed by atoms with van der Waals surface area (Å²) in [7, 11) is 0. The van der Waals surface area contributed by atoms with Crippen LogP contribution in [0.5, 0.6) is 0 Å². The second-order valence-electron chi connectivity index (χ2n) is 4.47. The van der Waals surface area contributed by atoms with Gasteiger partial charge in [-0.05, 0) is 36.3 Å². The summed E-state index contributed by atoms with van der Waals surface area (Å²) in [4.78, 5) is 0. The molecular formula is C12H17N. The highest BCUT2D eigenvalue weighted by molar-refractivity contribution is 5.33. The Bertz CT molecular complexity index is 293. The molecule has 0 bridgehead atoms. The molecule has 0 saturated heterocycles. The van der Waals surface area contributed by atoms with Gasteiger partial charge in [-0.3, -0.25) is 0 Å². The van der Waals surface area contributed by atoms with Crippen molar-refractivity contribution in [1.29, 1.82) is 0 Å². The van der Waals surface area contributed by atoms with Crippen LogP contribution in [0.15, 0.2) is 24.3 Å². The summed E-state index contributed by atoms with van der Waals surface area (Å²) in [6, 6.07) is 8.92. The molecule has 0 heterocycles. The fourth-order valence-corrected chi connectivity index (χ4v) is 1.67. The van der Waals surface area contributed by atoms with Gasteiger partial charge in [-0.25, -0.2) is 0 Å². The minimum absolute atomic E-state index is 0.154. The standard InChI is InChI=1S/C12H17N/c1-9(13)10-3-5-11(6-4-10)12(2)7-8-12/h3-6,9H,7-8,13H2,1-2H3/t9-/m0/s1. The van der Waals surface area contributed by atoms with E-state index in [9.17, 15) is 0 Å². The Kier molecular flexibility index (Phi) is 1.92. The lowest BCUT2D eigenvalue weighted by Gasteiger charge is -2.11. The van der Waals surface area contributed by atoms with Gasteiger partial charge in [0.1, 0.15) is 0 Å². The van der Waals surface area contributed by atoms with Crippen LogP contribution in [0.3, 0.4) is 0 Å². The highest BCUT2D eigenvalue weighted by Gasteiger charge is 2.38. The molecule has 0 aromatic heterocycles. The normalized spacial score (nSPS) is 21.2. The zero-order valence-electron chi connectivity index (χ0n) is 8.38. The molecule has 0 aliphatic heterocycles. The van der Waals surface area contributed by atoms with E-state index in [0.29, 0.717) is 5.41 Å². The van der Waals surface area contributed by atoms with Crippen molar-refractivity contribution >= 4 is 0 Å². The topological polar surface area (TPSA) is 26.0 Å². The Morgan fingerprint density at radius 3 is 2.15 bits per heavy atom. The van der Waals surface area contributed by atoms with E-state index in [1.807, 2.05) is 6.92 Å². The highest BCUT2D eigenvalue weighted by atomic mass is 14.6. The minimum Gasteiger partial charge on any atom is -0.324 e. The van der Waals surface area contributed by atoms with E-state index in [4.69, 9.17) is 5.73 Å². The summed E-state index contributed by atoms with van der Waals surface area (Å²) in [6.07, 6.45) is 2.68. The average molecular weight is 175 g/mol. The maximum Gasteiger partial charge on any atom is 0.0266 e. The van der Waals surface area contributed by atoms with Crippen molar-refractivity contribution in [3.63, 3.8) is 0 Å². The number of rotatable bonds is 2. The number of nitrogens with two attached hydrogens (primary N) is 1. The first-order valence-electron chi connectivity index (χ1n) is 4.98. The molecule has 0 radical (unpaired) electrons. The van der Waals surface area contributed by atoms with Gasteiger partial charge >= 0.3 is 0 Å². The first kappa shape index (κ1) is 8.76. The van der Waals surface area contributed by atoms with Crippen molar-refractivity contribution in [2.24, 2.45) is 5.73 Å². The van der Waals surface area contributed by atoms with Crippen molar-refractivity contribution in [2.75, 3.05) is 0 Å². The highest BCUT2D eigenvalue weighted by Crippen LogP contribution is 2.47. The zero-order chi connectivity index (χ0) is 9.47. The lowest BCUT2D eigenvalue weighted by molar-refractivity contribution is 0.778. The lowest BCUT2D eigenvalue weighted by atomic mass is 9.96. The summed E-state index contributed by atoms with van der Waals surface area (Å²) >= 11 is 0. The van der Waals surface area contributed by atoms with Crippen molar-refractivity contribution in [3.8, 4) is 0 Å². The monoisotopic (exact) mass is 175 g/mol. The molecule has 13 heavy (non-hydrogen) atoms. The molecule has 1 fully saturated rings. The second kappa shape index (κ2) is 2.85. The van der Waals surface area contributed by atoms with Crippen LogP contribution in [-0.4, -0.2) is 0 Å². The molecule has 1 aromatic carbocycles. The molecule has 2 rings (SSSR count). The Morgan fingerprint density at radius 2 is 1.77 bits per heavy atom. The summed E-state index contributed by atoms with van der Waals surface area (Å²) in [5, 5.41) is 0. The van der Waals surface area contributed by atoms with Crippen LogP contribution >= 0.6 is 0 Å². The zero-order valence-corrected chi connectivity index (χ0v) is 8.38. The summed E-state index contributed by atoms with van der Waals surface area (Å²) in [5.41, 5.74) is 8.97. The average Bonchev–Trinajstić information content (AvgIpc) is 2.85.